The number of aromatic nitrogens is 3. The standard InChI is InChI=1S/C49H60N8O8S/c1-31(2)39-7-5-6-8-40(39)43-30-64-29-32(3)56(43)36-24-49(25-36)16-19-55(20-17-49)35-9-10-41(44(22-35)65-37-21-34-13-18-50-45(34)52-27-37)47(58)54-66(62,63)38-23-42(57(60)61)46(53-28-38)51-26-33-11-14-48(4,59)15-12-33/h5-10,13,18,21-23,27-28,31-33,36,43,59H,11-12,14-17,19-20,24-26,29-30H2,1-4H3,(H,50,52)(H,51,53)(H,54,58)/t32?,33-,43-,48-/m0/s1. The highest BCUT2D eigenvalue weighted by atomic mass is 32.2. The Balaban J connectivity index is 0.903. The van der Waals surface area contributed by atoms with Crippen LogP contribution in [0.5, 0.6) is 11.5 Å². The first kappa shape index (κ1) is 45.5. The van der Waals surface area contributed by atoms with Crippen molar-refractivity contribution < 1.29 is 32.7 Å². The summed E-state index contributed by atoms with van der Waals surface area (Å²) in [6.45, 7) is 12.0. The first-order chi connectivity index (χ1) is 31.6. The Morgan fingerprint density at radius 1 is 1.03 bits per heavy atom. The fourth-order valence-electron chi connectivity index (χ4n) is 10.8. The van der Waals surface area contributed by atoms with Crippen LogP contribution in [0.15, 0.2) is 84.1 Å². The molecular formula is C49H60N8O8S. The molecule has 5 aromatic rings. The fraction of sp³-hybridized carbons (Fsp3) is 0.490. The van der Waals surface area contributed by atoms with Gasteiger partial charge < -0.3 is 29.8 Å². The number of hydrogen-bond acceptors (Lipinski definition) is 13. The van der Waals surface area contributed by atoms with Gasteiger partial charge in [0, 0.05) is 61.1 Å². The number of nitrogens with zero attached hydrogens (tertiary/aromatic N) is 5. The van der Waals surface area contributed by atoms with Crippen molar-refractivity contribution in [3.63, 3.8) is 0 Å². The molecule has 1 amide bonds. The number of nitro groups is 1. The van der Waals surface area contributed by atoms with Crippen molar-refractivity contribution in [2.75, 3.05) is 43.1 Å². The van der Waals surface area contributed by atoms with E-state index in [2.05, 4.69) is 79.8 Å². The van der Waals surface area contributed by atoms with Gasteiger partial charge in [0.05, 0.1) is 47.7 Å². The highest BCUT2D eigenvalue weighted by Gasteiger charge is 2.51. The normalized spacial score (nSPS) is 23.7. The van der Waals surface area contributed by atoms with Crippen LogP contribution in [-0.4, -0.2) is 94.7 Å². The van der Waals surface area contributed by atoms with Crippen LogP contribution in [0.4, 0.5) is 17.2 Å². The minimum Gasteiger partial charge on any atom is -0.455 e. The second-order valence-corrected chi connectivity index (χ2v) is 21.3. The van der Waals surface area contributed by atoms with E-state index in [1.807, 2.05) is 6.07 Å². The second kappa shape index (κ2) is 18.2. The van der Waals surface area contributed by atoms with Crippen molar-refractivity contribution in [2.24, 2.45) is 11.3 Å². The van der Waals surface area contributed by atoms with Gasteiger partial charge in [-0.1, -0.05) is 38.1 Å². The molecule has 2 atom stereocenters. The van der Waals surface area contributed by atoms with Gasteiger partial charge in [0.1, 0.15) is 22.0 Å². The number of aliphatic hydroxyl groups is 1. The van der Waals surface area contributed by atoms with E-state index in [1.54, 1.807) is 37.4 Å². The number of ether oxygens (including phenoxy) is 2. The van der Waals surface area contributed by atoms with Gasteiger partial charge in [-0.05, 0) is 118 Å². The van der Waals surface area contributed by atoms with Crippen LogP contribution >= 0.6 is 0 Å². The lowest BCUT2D eigenvalue weighted by molar-refractivity contribution is -0.384. The maximum absolute atomic E-state index is 14.0. The summed E-state index contributed by atoms with van der Waals surface area (Å²) in [4.78, 5) is 41.5. The summed E-state index contributed by atoms with van der Waals surface area (Å²) in [7, 11) is -4.64. The summed E-state index contributed by atoms with van der Waals surface area (Å²) in [6.07, 6.45) is 11.3. The van der Waals surface area contributed by atoms with Gasteiger partial charge in [0.2, 0.25) is 5.82 Å². The zero-order valence-electron chi connectivity index (χ0n) is 38.0. The number of fused-ring (bicyclic) bond motifs is 1. The van der Waals surface area contributed by atoms with Crippen molar-refractivity contribution >= 4 is 44.2 Å². The van der Waals surface area contributed by atoms with Crippen LogP contribution in [-0.2, 0) is 14.8 Å². The van der Waals surface area contributed by atoms with E-state index >= 15 is 0 Å². The Bertz CT molecular complexity index is 2700. The minimum atomic E-state index is -4.64. The molecule has 0 bridgehead atoms. The molecule has 350 valence electrons. The maximum atomic E-state index is 14.0. The first-order valence-electron chi connectivity index (χ1n) is 23.2. The maximum Gasteiger partial charge on any atom is 0.312 e. The summed E-state index contributed by atoms with van der Waals surface area (Å²) >= 11 is 0. The number of hydrogen-bond donors (Lipinski definition) is 4. The molecule has 5 heterocycles. The van der Waals surface area contributed by atoms with E-state index < -0.39 is 37.0 Å². The summed E-state index contributed by atoms with van der Waals surface area (Å²) in [5.41, 5.74) is 3.17. The summed E-state index contributed by atoms with van der Waals surface area (Å²) < 4.78 is 42.1. The number of benzene rings is 2. The molecule has 66 heavy (non-hydrogen) atoms. The highest BCUT2D eigenvalue weighted by molar-refractivity contribution is 7.90. The molecule has 4 fully saturated rings. The van der Waals surface area contributed by atoms with Crippen LogP contribution in [0, 0.1) is 21.4 Å². The number of carbonyl (C=O) groups is 1. The third kappa shape index (κ3) is 9.48. The number of anilines is 2. The lowest BCUT2D eigenvalue weighted by atomic mass is 9.59. The van der Waals surface area contributed by atoms with E-state index in [-0.39, 0.29) is 34.5 Å². The van der Waals surface area contributed by atoms with E-state index in [9.17, 15) is 28.4 Å². The average molecular weight is 921 g/mol. The van der Waals surface area contributed by atoms with Crippen LogP contribution < -0.4 is 19.7 Å². The number of nitrogens with one attached hydrogen (secondary N) is 3. The monoisotopic (exact) mass is 920 g/mol. The number of sulfonamides is 1. The van der Waals surface area contributed by atoms with Crippen molar-refractivity contribution in [1.29, 1.82) is 0 Å². The molecule has 2 aromatic carbocycles. The predicted octanol–water partition coefficient (Wildman–Crippen LogP) is 8.46. The number of amides is 1. The van der Waals surface area contributed by atoms with Gasteiger partial charge in [-0.2, -0.15) is 0 Å². The van der Waals surface area contributed by atoms with Gasteiger partial charge in [-0.3, -0.25) is 19.8 Å². The SMILES string of the molecule is CC(C)c1ccccc1[C@@H]1COCC(C)N1C1CC2(CCN(c3ccc(C(=O)NS(=O)(=O)c4cnc(NC[C@H]5CC[C@](C)(O)CC5)c([N+](=O)[O-])c4)c(Oc4cnc5[nH]ccc5c4)c3)CC2)C1. The Labute approximate surface area is 385 Å². The largest absolute Gasteiger partial charge is 0.455 e. The molecule has 4 N–H and O–H groups in total. The Hall–Kier alpha value is -5.62. The average Bonchev–Trinajstić information content (AvgIpc) is 3.76. The zero-order chi connectivity index (χ0) is 46.4. The molecule has 2 aliphatic carbocycles. The Morgan fingerprint density at radius 2 is 1.79 bits per heavy atom. The molecule has 1 unspecified atom stereocenters. The Kier molecular flexibility index (Phi) is 12.6. The number of piperidine rings is 1. The minimum absolute atomic E-state index is 0.0489. The molecule has 2 aliphatic heterocycles. The fourth-order valence-corrected chi connectivity index (χ4v) is 11.7. The Morgan fingerprint density at radius 3 is 2.53 bits per heavy atom. The van der Waals surface area contributed by atoms with E-state index in [4.69, 9.17) is 9.47 Å². The molecule has 16 nitrogen and oxygen atoms in total. The predicted molar refractivity (Wildman–Crippen MR) is 252 cm³/mol. The molecule has 4 aliphatic rings. The number of aromatic amines is 1. The molecule has 1 spiro atoms. The molecule has 9 rings (SSSR count). The smallest absolute Gasteiger partial charge is 0.312 e. The molecule has 0 radical (unpaired) electrons. The van der Waals surface area contributed by atoms with E-state index in [0.717, 1.165) is 81.6 Å². The van der Waals surface area contributed by atoms with Crippen molar-refractivity contribution in [3.8, 4) is 11.5 Å². The second-order valence-electron chi connectivity index (χ2n) is 19.6. The van der Waals surface area contributed by atoms with Gasteiger partial charge in [0.25, 0.3) is 15.9 Å². The van der Waals surface area contributed by atoms with Crippen LogP contribution in [0.3, 0.4) is 0 Å². The number of pyridine rings is 2. The van der Waals surface area contributed by atoms with Crippen LogP contribution in [0.1, 0.15) is 113 Å². The van der Waals surface area contributed by atoms with Crippen molar-refractivity contribution in [1.82, 2.24) is 24.6 Å². The summed E-state index contributed by atoms with van der Waals surface area (Å²) in [5, 5.41) is 26.2. The topological polar surface area (TPSA) is 205 Å². The quantitative estimate of drug-likeness (QED) is 0.0647. The molecular weight excluding hydrogens is 861 g/mol. The number of rotatable bonds is 13. The lowest BCUT2D eigenvalue weighted by Crippen LogP contribution is -2.60. The number of carbonyl (C=O) groups excluding carboxylic acids is 1. The highest BCUT2D eigenvalue weighted by Crippen LogP contribution is 2.54. The van der Waals surface area contributed by atoms with E-state index in [0.29, 0.717) is 55.4 Å². The summed E-state index contributed by atoms with van der Waals surface area (Å²) in [5.74, 6) is 0.0101. The summed E-state index contributed by atoms with van der Waals surface area (Å²) in [6, 6.07) is 19.5. The first-order valence-corrected chi connectivity index (χ1v) is 24.7. The third-order valence-electron chi connectivity index (χ3n) is 14.6. The molecule has 2 saturated heterocycles. The van der Waals surface area contributed by atoms with Gasteiger partial charge in [0.15, 0.2) is 0 Å². The lowest BCUT2D eigenvalue weighted by Gasteiger charge is -2.59. The number of morpholine rings is 1. The zero-order valence-corrected chi connectivity index (χ0v) is 38.9. The van der Waals surface area contributed by atoms with E-state index in [1.165, 1.54) is 17.3 Å². The number of H-pyrrole nitrogens is 1. The molecule has 3 aromatic heterocycles. The van der Waals surface area contributed by atoms with Gasteiger partial charge in [-0.15, -0.1) is 0 Å². The van der Waals surface area contributed by atoms with Crippen LogP contribution in [0.2, 0.25) is 0 Å². The van der Waals surface area contributed by atoms with Crippen molar-refractivity contribution in [2.45, 2.75) is 114 Å². The van der Waals surface area contributed by atoms with Crippen molar-refractivity contribution in [3.05, 3.63) is 106 Å². The van der Waals surface area contributed by atoms with Crippen LogP contribution in [0.25, 0.3) is 11.0 Å². The third-order valence-corrected chi connectivity index (χ3v) is 15.9. The molecule has 2 saturated carbocycles. The van der Waals surface area contributed by atoms with Gasteiger partial charge >= 0.3 is 5.69 Å². The molecule has 17 heteroatoms. The van der Waals surface area contributed by atoms with Gasteiger partial charge in [-0.25, -0.2) is 23.1 Å².